The van der Waals surface area contributed by atoms with Gasteiger partial charge in [-0.25, -0.2) is 0 Å². The smallest absolute Gasteiger partial charge is 0.274 e. The first-order valence-electron chi connectivity index (χ1n) is 7.00. The minimum atomic E-state index is -0.522. The van der Waals surface area contributed by atoms with Gasteiger partial charge in [0.15, 0.2) is 0 Å². The minimum absolute atomic E-state index is 0.0850. The lowest BCUT2D eigenvalue weighted by Gasteiger charge is -2.08. The number of nitro benzene ring substituents is 1. The van der Waals surface area contributed by atoms with Gasteiger partial charge in [-0.15, -0.1) is 0 Å². The van der Waals surface area contributed by atoms with Gasteiger partial charge in [0.1, 0.15) is 5.76 Å². The molecule has 0 aliphatic carbocycles. The van der Waals surface area contributed by atoms with Crippen molar-refractivity contribution in [3.8, 4) is 0 Å². The summed E-state index contributed by atoms with van der Waals surface area (Å²) in [6.07, 6.45) is 4.19. The van der Waals surface area contributed by atoms with Gasteiger partial charge in [0.25, 0.3) is 5.69 Å². The van der Waals surface area contributed by atoms with Gasteiger partial charge in [0, 0.05) is 12.1 Å². The number of benzene rings is 1. The molecule has 2 rings (SSSR count). The fourth-order valence-electron chi connectivity index (χ4n) is 1.92. The summed E-state index contributed by atoms with van der Waals surface area (Å²) in [6, 6.07) is 7.75. The average molecular weight is 329 g/mol. The lowest BCUT2D eigenvalue weighted by atomic mass is 10.1. The van der Waals surface area contributed by atoms with Gasteiger partial charge in [-0.1, -0.05) is 6.07 Å². The van der Waals surface area contributed by atoms with E-state index in [0.29, 0.717) is 17.0 Å². The highest BCUT2D eigenvalue weighted by molar-refractivity contribution is 5.98. The normalized spacial score (nSPS) is 10.5. The number of furan rings is 1. The number of amides is 2. The number of hydrogen-bond acceptors (Lipinski definition) is 5. The van der Waals surface area contributed by atoms with E-state index < -0.39 is 16.7 Å². The Morgan fingerprint density at radius 2 is 2.08 bits per heavy atom. The Kier molecular flexibility index (Phi) is 5.45. The number of anilines is 1. The minimum Gasteiger partial charge on any atom is -0.465 e. The van der Waals surface area contributed by atoms with Crippen LogP contribution in [0.15, 0.2) is 47.1 Å². The van der Waals surface area contributed by atoms with Crippen LogP contribution in [0.1, 0.15) is 11.3 Å². The molecular formula is C16H15N3O5. The van der Waals surface area contributed by atoms with Crippen molar-refractivity contribution in [2.75, 3.05) is 11.9 Å². The third kappa shape index (κ3) is 4.54. The van der Waals surface area contributed by atoms with Crippen molar-refractivity contribution in [1.82, 2.24) is 5.32 Å². The van der Waals surface area contributed by atoms with Crippen LogP contribution in [0.5, 0.6) is 0 Å². The number of nitrogens with one attached hydrogen (secondary N) is 2. The molecule has 0 spiro atoms. The van der Waals surface area contributed by atoms with Crippen molar-refractivity contribution in [3.63, 3.8) is 0 Å². The van der Waals surface area contributed by atoms with Gasteiger partial charge < -0.3 is 15.1 Å². The molecule has 0 unspecified atom stereocenters. The van der Waals surface area contributed by atoms with Crippen LogP contribution in [0.4, 0.5) is 11.4 Å². The Labute approximate surface area is 137 Å². The van der Waals surface area contributed by atoms with E-state index in [4.69, 9.17) is 4.42 Å². The van der Waals surface area contributed by atoms with Gasteiger partial charge in [0.05, 0.1) is 29.0 Å². The molecule has 24 heavy (non-hydrogen) atoms. The molecule has 8 nitrogen and oxygen atoms in total. The Hall–Kier alpha value is -3.42. The van der Waals surface area contributed by atoms with Crippen molar-refractivity contribution in [1.29, 1.82) is 0 Å². The molecule has 0 aliphatic heterocycles. The van der Waals surface area contributed by atoms with E-state index in [1.54, 1.807) is 25.1 Å². The number of hydrogen-bond donors (Lipinski definition) is 2. The fraction of sp³-hybridized carbons (Fsp3) is 0.125. The Bertz CT molecular complexity index is 781. The van der Waals surface area contributed by atoms with Gasteiger partial charge in [-0.3, -0.25) is 19.7 Å². The summed E-state index contributed by atoms with van der Waals surface area (Å²) in [5, 5.41) is 15.8. The zero-order valence-corrected chi connectivity index (χ0v) is 12.8. The first kappa shape index (κ1) is 16.9. The Morgan fingerprint density at radius 1 is 1.29 bits per heavy atom. The predicted molar refractivity (Wildman–Crippen MR) is 87.2 cm³/mol. The molecule has 1 aromatic heterocycles. The second-order valence-electron chi connectivity index (χ2n) is 4.82. The molecule has 2 amide bonds. The molecular weight excluding hydrogens is 314 g/mol. The van der Waals surface area contributed by atoms with Crippen LogP contribution < -0.4 is 10.6 Å². The Morgan fingerprint density at radius 3 is 2.75 bits per heavy atom. The van der Waals surface area contributed by atoms with Crippen LogP contribution in [0.25, 0.3) is 6.08 Å². The zero-order chi connectivity index (χ0) is 17.5. The summed E-state index contributed by atoms with van der Waals surface area (Å²) in [5.41, 5.74) is 0.590. The molecule has 0 aliphatic rings. The average Bonchev–Trinajstić information content (AvgIpc) is 3.06. The van der Waals surface area contributed by atoms with Crippen molar-refractivity contribution >= 4 is 29.3 Å². The van der Waals surface area contributed by atoms with E-state index >= 15 is 0 Å². The predicted octanol–water partition coefficient (Wildman–Crippen LogP) is 2.26. The summed E-state index contributed by atoms with van der Waals surface area (Å²) >= 11 is 0. The largest absolute Gasteiger partial charge is 0.465 e. The van der Waals surface area contributed by atoms with E-state index in [9.17, 15) is 19.7 Å². The quantitative estimate of drug-likeness (QED) is 0.479. The summed E-state index contributed by atoms with van der Waals surface area (Å²) in [5.74, 6) is -0.433. The van der Waals surface area contributed by atoms with Gasteiger partial charge in [0.2, 0.25) is 11.8 Å². The second kappa shape index (κ2) is 7.73. The topological polar surface area (TPSA) is 114 Å². The number of carbonyl (C=O) groups excluding carboxylic acids is 2. The van der Waals surface area contributed by atoms with Crippen molar-refractivity contribution < 1.29 is 18.9 Å². The molecule has 0 radical (unpaired) electrons. The molecule has 0 fully saturated rings. The van der Waals surface area contributed by atoms with E-state index in [-0.39, 0.29) is 12.2 Å². The molecule has 0 saturated carbocycles. The maximum absolute atomic E-state index is 11.8. The highest BCUT2D eigenvalue weighted by atomic mass is 16.6. The monoisotopic (exact) mass is 329 g/mol. The standard InChI is InChI=1S/C16H15N3O5/c1-11-13(5-2-6-14(11)19(22)23)18-16(21)10-17-15(20)8-7-12-4-3-9-24-12/h2-9H,10H2,1H3,(H,17,20)(H,18,21). The molecule has 0 saturated heterocycles. The number of carbonyl (C=O) groups is 2. The van der Waals surface area contributed by atoms with Gasteiger partial charge >= 0.3 is 0 Å². The SMILES string of the molecule is Cc1c(NC(=O)CNC(=O)C=Cc2ccco2)cccc1[N+](=O)[O-]. The third-order valence-electron chi connectivity index (χ3n) is 3.14. The molecule has 1 aromatic carbocycles. The molecule has 0 bridgehead atoms. The summed E-state index contributed by atoms with van der Waals surface area (Å²) in [7, 11) is 0. The number of rotatable bonds is 6. The zero-order valence-electron chi connectivity index (χ0n) is 12.8. The number of nitro groups is 1. The van der Waals surface area contributed by atoms with E-state index in [0.717, 1.165) is 0 Å². The summed E-state index contributed by atoms with van der Waals surface area (Å²) in [4.78, 5) is 33.8. The van der Waals surface area contributed by atoms with E-state index in [1.165, 1.54) is 30.5 Å². The highest BCUT2D eigenvalue weighted by Gasteiger charge is 2.14. The number of nitrogens with zero attached hydrogens (tertiary/aromatic N) is 1. The first-order chi connectivity index (χ1) is 11.5. The van der Waals surface area contributed by atoms with Gasteiger partial charge in [-0.2, -0.15) is 0 Å². The van der Waals surface area contributed by atoms with E-state index in [2.05, 4.69) is 10.6 Å². The highest BCUT2D eigenvalue weighted by Crippen LogP contribution is 2.24. The van der Waals surface area contributed by atoms with Crippen LogP contribution in [0, 0.1) is 17.0 Å². The summed E-state index contributed by atoms with van der Waals surface area (Å²) in [6.45, 7) is 1.28. The van der Waals surface area contributed by atoms with Crippen LogP contribution in [0.3, 0.4) is 0 Å². The third-order valence-corrected chi connectivity index (χ3v) is 3.14. The molecule has 2 N–H and O–H groups in total. The van der Waals surface area contributed by atoms with Crippen molar-refractivity contribution in [2.45, 2.75) is 6.92 Å². The first-order valence-corrected chi connectivity index (χ1v) is 7.00. The second-order valence-corrected chi connectivity index (χ2v) is 4.82. The van der Waals surface area contributed by atoms with Crippen LogP contribution >= 0.6 is 0 Å². The summed E-state index contributed by atoms with van der Waals surface area (Å²) < 4.78 is 5.03. The lowest BCUT2D eigenvalue weighted by molar-refractivity contribution is -0.385. The van der Waals surface area contributed by atoms with Crippen molar-refractivity contribution in [2.24, 2.45) is 0 Å². The van der Waals surface area contributed by atoms with E-state index in [1.807, 2.05) is 0 Å². The Balaban J connectivity index is 1.88. The molecule has 2 aromatic rings. The lowest BCUT2D eigenvalue weighted by Crippen LogP contribution is -2.31. The molecule has 8 heteroatoms. The fourth-order valence-corrected chi connectivity index (χ4v) is 1.92. The molecule has 1 heterocycles. The van der Waals surface area contributed by atoms with Crippen molar-refractivity contribution in [3.05, 3.63) is 64.1 Å². The maximum Gasteiger partial charge on any atom is 0.274 e. The van der Waals surface area contributed by atoms with Crippen LogP contribution in [0.2, 0.25) is 0 Å². The maximum atomic E-state index is 11.8. The van der Waals surface area contributed by atoms with Crippen LogP contribution in [-0.4, -0.2) is 23.3 Å². The molecule has 0 atom stereocenters. The van der Waals surface area contributed by atoms with Crippen LogP contribution in [-0.2, 0) is 9.59 Å². The van der Waals surface area contributed by atoms with Gasteiger partial charge in [-0.05, 0) is 31.2 Å². The molecule has 124 valence electrons.